The highest BCUT2D eigenvalue weighted by Crippen LogP contribution is 2.32. The van der Waals surface area contributed by atoms with E-state index in [2.05, 4.69) is 10.1 Å². The number of carbonyl (C=O) groups excluding carboxylic acids is 1. The molecule has 0 aliphatic heterocycles. The van der Waals surface area contributed by atoms with Gasteiger partial charge in [-0.3, -0.25) is 0 Å². The summed E-state index contributed by atoms with van der Waals surface area (Å²) in [4.78, 5) is 11.8. The Bertz CT molecular complexity index is 729. The molecule has 0 saturated heterocycles. The molecule has 1 aliphatic rings. The van der Waals surface area contributed by atoms with E-state index < -0.39 is 23.7 Å². The first-order chi connectivity index (χ1) is 12.2. The van der Waals surface area contributed by atoms with E-state index in [0.29, 0.717) is 40.8 Å². The van der Waals surface area contributed by atoms with Crippen LogP contribution < -0.4 is 5.32 Å². The fourth-order valence-corrected chi connectivity index (χ4v) is 3.24. The number of hydrogen-bond acceptors (Lipinski definition) is 4. The third kappa shape index (κ3) is 5.79. The molecular weight excluding hydrogens is 370 g/mol. The Hall–Kier alpha value is -1.96. The molecule has 0 fully saturated rings. The van der Waals surface area contributed by atoms with Crippen molar-refractivity contribution < 1.29 is 27.1 Å². The number of ether oxygens (including phenoxy) is 1. The first-order valence-corrected chi connectivity index (χ1v) is 8.88. The number of nitrogens with one attached hydrogen (secondary N) is 1. The van der Waals surface area contributed by atoms with Gasteiger partial charge in [0, 0.05) is 11.4 Å². The van der Waals surface area contributed by atoms with E-state index in [1.807, 2.05) is 6.08 Å². The molecule has 0 radical (unpaired) electrons. The molecule has 3 nitrogen and oxygen atoms in total. The number of aryl methyl sites for hydroxylation is 1. The highest BCUT2D eigenvalue weighted by atomic mass is 32.2. The van der Waals surface area contributed by atoms with E-state index >= 15 is 0 Å². The van der Waals surface area contributed by atoms with Crippen molar-refractivity contribution in [2.45, 2.75) is 24.4 Å². The molecule has 0 aromatic heterocycles. The molecule has 0 amide bonds. The molecular formula is C18H19F4NO2S. The summed E-state index contributed by atoms with van der Waals surface area (Å²) in [5.74, 6) is -1.91. The number of rotatable bonds is 6. The van der Waals surface area contributed by atoms with Crippen molar-refractivity contribution in [3.63, 3.8) is 0 Å². The summed E-state index contributed by atoms with van der Waals surface area (Å²) in [5, 5.41) is 2.94. The van der Waals surface area contributed by atoms with Crippen molar-refractivity contribution in [2.75, 3.05) is 24.7 Å². The minimum absolute atomic E-state index is 0.0374. The third-order valence-electron chi connectivity index (χ3n) is 3.82. The molecule has 1 N–H and O–H groups in total. The molecule has 142 valence electrons. The van der Waals surface area contributed by atoms with Gasteiger partial charge < -0.3 is 10.1 Å². The Morgan fingerprint density at radius 2 is 2.12 bits per heavy atom. The Kier molecular flexibility index (Phi) is 6.75. The van der Waals surface area contributed by atoms with Gasteiger partial charge in [-0.1, -0.05) is 18.2 Å². The van der Waals surface area contributed by atoms with Gasteiger partial charge in [-0.05, 0) is 37.0 Å². The van der Waals surface area contributed by atoms with Crippen LogP contribution in [-0.4, -0.2) is 31.6 Å². The minimum Gasteiger partial charge on any atom is -0.465 e. The lowest BCUT2D eigenvalue weighted by Crippen LogP contribution is -2.16. The Labute approximate surface area is 153 Å². The molecule has 1 aliphatic carbocycles. The van der Waals surface area contributed by atoms with E-state index in [1.54, 1.807) is 19.1 Å². The average molecular weight is 389 g/mol. The number of alkyl halides is 3. The zero-order valence-corrected chi connectivity index (χ0v) is 15.1. The smallest absolute Gasteiger partial charge is 0.398 e. The maximum absolute atomic E-state index is 14.1. The predicted octanol–water partition coefficient (Wildman–Crippen LogP) is 4.88. The molecule has 1 unspecified atom stereocenters. The van der Waals surface area contributed by atoms with Crippen LogP contribution in [0.1, 0.15) is 12.0 Å². The van der Waals surface area contributed by atoms with Gasteiger partial charge in [0.25, 0.3) is 0 Å². The third-order valence-corrected chi connectivity index (χ3v) is 5.04. The highest BCUT2D eigenvalue weighted by Gasteiger charge is 2.27. The number of allylic oxidation sites excluding steroid dienone is 1. The second-order valence-corrected chi connectivity index (χ2v) is 6.91. The summed E-state index contributed by atoms with van der Waals surface area (Å²) >= 11 is 0.638. The molecule has 1 aromatic rings. The number of benzene rings is 1. The summed E-state index contributed by atoms with van der Waals surface area (Å²) in [6.45, 7) is 1.97. The fraction of sp³-hybridized carbons (Fsp3) is 0.389. The monoisotopic (exact) mass is 389 g/mol. The largest absolute Gasteiger partial charge is 0.465 e. The van der Waals surface area contributed by atoms with Gasteiger partial charge in [0.05, 0.1) is 24.1 Å². The van der Waals surface area contributed by atoms with Crippen molar-refractivity contribution in [3.05, 3.63) is 47.3 Å². The van der Waals surface area contributed by atoms with E-state index in [0.717, 1.165) is 0 Å². The minimum atomic E-state index is -4.28. The van der Waals surface area contributed by atoms with Crippen molar-refractivity contribution in [1.82, 2.24) is 0 Å². The van der Waals surface area contributed by atoms with Gasteiger partial charge in [0.2, 0.25) is 0 Å². The van der Waals surface area contributed by atoms with Crippen LogP contribution >= 0.6 is 11.8 Å². The molecule has 2 rings (SSSR count). The van der Waals surface area contributed by atoms with Gasteiger partial charge in [-0.15, -0.1) is 11.8 Å². The zero-order valence-electron chi connectivity index (χ0n) is 14.3. The topological polar surface area (TPSA) is 38.3 Å². The molecule has 0 saturated carbocycles. The van der Waals surface area contributed by atoms with Gasteiger partial charge in [-0.2, -0.15) is 13.2 Å². The molecule has 0 bridgehead atoms. The van der Waals surface area contributed by atoms with Gasteiger partial charge in [-0.25, -0.2) is 9.18 Å². The van der Waals surface area contributed by atoms with Crippen LogP contribution in [0.5, 0.6) is 0 Å². The molecule has 0 heterocycles. The normalized spacial score (nSPS) is 17.0. The SMILES string of the molecule is COC(=O)C1=CCC(CNc2cc(SCC(F)(F)F)c(C)cc2F)C=C1. The molecule has 8 heteroatoms. The fourth-order valence-electron chi connectivity index (χ4n) is 2.43. The molecule has 1 aromatic carbocycles. The Morgan fingerprint density at radius 1 is 1.38 bits per heavy atom. The highest BCUT2D eigenvalue weighted by molar-refractivity contribution is 7.99. The van der Waals surface area contributed by atoms with Crippen molar-refractivity contribution in [3.8, 4) is 0 Å². The Balaban J connectivity index is 1.98. The number of esters is 1. The number of thioether (sulfide) groups is 1. The van der Waals surface area contributed by atoms with Crippen molar-refractivity contribution in [1.29, 1.82) is 0 Å². The van der Waals surface area contributed by atoms with Crippen LogP contribution in [0, 0.1) is 18.7 Å². The summed E-state index contributed by atoms with van der Waals surface area (Å²) in [6.07, 6.45) is 1.52. The van der Waals surface area contributed by atoms with Gasteiger partial charge in [0.1, 0.15) is 5.82 Å². The quantitative estimate of drug-likeness (QED) is 0.428. The maximum Gasteiger partial charge on any atom is 0.398 e. The number of halogens is 4. The number of anilines is 1. The Morgan fingerprint density at radius 3 is 2.69 bits per heavy atom. The van der Waals surface area contributed by atoms with E-state index in [9.17, 15) is 22.4 Å². The lowest BCUT2D eigenvalue weighted by atomic mass is 9.96. The number of hydrogen-bond donors (Lipinski definition) is 1. The summed E-state index contributed by atoms with van der Waals surface area (Å²) in [7, 11) is 1.30. The second kappa shape index (κ2) is 8.62. The van der Waals surface area contributed by atoms with Crippen LogP contribution in [0.15, 0.2) is 40.8 Å². The lowest BCUT2D eigenvalue weighted by molar-refractivity contribution is -0.135. The molecule has 26 heavy (non-hydrogen) atoms. The molecule has 1 atom stereocenters. The maximum atomic E-state index is 14.1. The van der Waals surface area contributed by atoms with E-state index in [4.69, 9.17) is 0 Å². The molecule has 0 spiro atoms. The van der Waals surface area contributed by atoms with Crippen LogP contribution in [0.2, 0.25) is 0 Å². The summed E-state index contributed by atoms with van der Waals surface area (Å²) in [5.41, 5.74) is 1.10. The summed E-state index contributed by atoms with van der Waals surface area (Å²) < 4.78 is 55.9. The van der Waals surface area contributed by atoms with E-state index in [-0.39, 0.29) is 11.6 Å². The van der Waals surface area contributed by atoms with Gasteiger partial charge >= 0.3 is 12.1 Å². The number of methoxy groups -OCH3 is 1. The van der Waals surface area contributed by atoms with Crippen molar-refractivity contribution >= 4 is 23.4 Å². The van der Waals surface area contributed by atoms with E-state index in [1.165, 1.54) is 19.2 Å². The summed E-state index contributed by atoms with van der Waals surface area (Å²) in [6, 6.07) is 2.64. The average Bonchev–Trinajstić information content (AvgIpc) is 2.59. The number of carbonyl (C=O) groups is 1. The first-order valence-electron chi connectivity index (χ1n) is 7.90. The first kappa shape index (κ1) is 20.4. The zero-order chi connectivity index (χ0) is 19.3. The van der Waals surface area contributed by atoms with Crippen LogP contribution in [-0.2, 0) is 9.53 Å². The van der Waals surface area contributed by atoms with Crippen molar-refractivity contribution in [2.24, 2.45) is 5.92 Å². The van der Waals surface area contributed by atoms with Crippen LogP contribution in [0.25, 0.3) is 0 Å². The van der Waals surface area contributed by atoms with Crippen LogP contribution in [0.4, 0.5) is 23.2 Å². The lowest BCUT2D eigenvalue weighted by Gasteiger charge is -2.18. The second-order valence-electron chi connectivity index (χ2n) is 5.89. The van der Waals surface area contributed by atoms with Crippen LogP contribution in [0.3, 0.4) is 0 Å². The predicted molar refractivity (Wildman–Crippen MR) is 93.8 cm³/mol. The standard InChI is InChI=1S/C18H19F4NO2S/c1-11-7-14(19)15(8-16(11)26-10-18(20,21)22)23-9-12-3-5-13(6-4-12)17(24)25-2/h3,5-8,12,23H,4,9-10H2,1-2H3. The van der Waals surface area contributed by atoms with Gasteiger partial charge in [0.15, 0.2) is 0 Å².